The van der Waals surface area contributed by atoms with E-state index in [0.717, 1.165) is 0 Å². The SMILES string of the molecule is CCCOC(F)(Br)C(F)F. The molecule has 0 heterocycles. The third kappa shape index (κ3) is 3.41. The van der Waals surface area contributed by atoms with Crippen molar-refractivity contribution in [2.75, 3.05) is 6.61 Å². The molecule has 0 saturated heterocycles. The quantitative estimate of drug-likeness (QED) is 0.663. The molecule has 1 nitrogen and oxygen atoms in total. The minimum absolute atomic E-state index is 0.0217. The molecule has 0 rings (SSSR count). The lowest BCUT2D eigenvalue weighted by atomic mass is 10.5. The first-order valence-electron chi connectivity index (χ1n) is 2.80. The minimum atomic E-state index is -3.15. The molecule has 0 fully saturated rings. The maximum atomic E-state index is 12.3. The molecule has 1 unspecified atom stereocenters. The average molecular weight is 221 g/mol. The van der Waals surface area contributed by atoms with Crippen LogP contribution in [0.1, 0.15) is 13.3 Å². The van der Waals surface area contributed by atoms with Crippen molar-refractivity contribution >= 4 is 15.9 Å². The Labute approximate surface area is 65.7 Å². The zero-order valence-electron chi connectivity index (χ0n) is 5.41. The van der Waals surface area contributed by atoms with E-state index >= 15 is 0 Å². The molecule has 0 aromatic carbocycles. The first kappa shape index (κ1) is 10.2. The highest BCUT2D eigenvalue weighted by molar-refractivity contribution is 9.10. The Bertz CT molecular complexity index is 96.9. The van der Waals surface area contributed by atoms with Crippen LogP contribution in [0, 0.1) is 0 Å². The van der Waals surface area contributed by atoms with Gasteiger partial charge < -0.3 is 4.74 Å². The van der Waals surface area contributed by atoms with Gasteiger partial charge in [0.25, 0.3) is 0 Å². The highest BCUT2D eigenvalue weighted by atomic mass is 79.9. The largest absolute Gasteiger partial charge is 0.333 e. The van der Waals surface area contributed by atoms with E-state index in [2.05, 4.69) is 20.7 Å². The fraction of sp³-hybridized carbons (Fsp3) is 1.00. The second kappa shape index (κ2) is 4.18. The van der Waals surface area contributed by atoms with Gasteiger partial charge in [0.2, 0.25) is 0 Å². The van der Waals surface area contributed by atoms with Gasteiger partial charge in [-0.15, -0.1) is 0 Å². The molecule has 10 heavy (non-hydrogen) atoms. The van der Waals surface area contributed by atoms with Gasteiger partial charge in [0, 0.05) is 0 Å². The fourth-order valence-corrected chi connectivity index (χ4v) is 0.463. The molecule has 0 aliphatic carbocycles. The van der Waals surface area contributed by atoms with Crippen molar-refractivity contribution in [1.29, 1.82) is 0 Å². The molecule has 0 bridgehead atoms. The van der Waals surface area contributed by atoms with E-state index in [0.29, 0.717) is 6.42 Å². The summed E-state index contributed by atoms with van der Waals surface area (Å²) in [4.78, 5) is 0. The average Bonchev–Trinajstić information content (AvgIpc) is 1.84. The Morgan fingerprint density at radius 1 is 1.60 bits per heavy atom. The number of hydrogen-bond acceptors (Lipinski definition) is 1. The van der Waals surface area contributed by atoms with Crippen LogP contribution in [0.25, 0.3) is 0 Å². The predicted octanol–water partition coefficient (Wildman–Crippen LogP) is 2.70. The van der Waals surface area contributed by atoms with Gasteiger partial charge in [0.15, 0.2) is 0 Å². The van der Waals surface area contributed by atoms with E-state index in [9.17, 15) is 13.2 Å². The summed E-state index contributed by atoms with van der Waals surface area (Å²) in [5.41, 5.74) is 0. The van der Waals surface area contributed by atoms with Crippen molar-refractivity contribution < 1.29 is 17.9 Å². The molecule has 0 N–H and O–H groups in total. The van der Waals surface area contributed by atoms with Crippen molar-refractivity contribution in [2.24, 2.45) is 0 Å². The molecule has 0 saturated carbocycles. The van der Waals surface area contributed by atoms with Crippen LogP contribution in [0.15, 0.2) is 0 Å². The van der Waals surface area contributed by atoms with E-state index in [1.54, 1.807) is 6.92 Å². The van der Waals surface area contributed by atoms with Gasteiger partial charge in [0.05, 0.1) is 6.61 Å². The Balaban J connectivity index is 3.63. The van der Waals surface area contributed by atoms with Gasteiger partial charge in [-0.3, -0.25) is 0 Å². The second-order valence-corrected chi connectivity index (χ2v) is 2.79. The Morgan fingerprint density at radius 2 is 2.10 bits per heavy atom. The monoisotopic (exact) mass is 220 g/mol. The fourth-order valence-electron chi connectivity index (χ4n) is 0.301. The number of rotatable bonds is 4. The first-order chi connectivity index (χ1) is 4.50. The number of alkyl halides is 4. The van der Waals surface area contributed by atoms with Gasteiger partial charge in [-0.2, -0.15) is 4.39 Å². The van der Waals surface area contributed by atoms with Crippen LogP contribution >= 0.6 is 15.9 Å². The molecular weight excluding hydrogens is 213 g/mol. The Kier molecular flexibility index (Phi) is 4.28. The summed E-state index contributed by atoms with van der Waals surface area (Å²) in [7, 11) is 0. The molecule has 1 atom stereocenters. The molecule has 0 aromatic heterocycles. The molecule has 0 radical (unpaired) electrons. The standard InChI is InChI=1S/C5H8BrF3O/c1-2-3-10-5(6,9)4(7)8/h4H,2-3H2,1H3. The van der Waals surface area contributed by atoms with Crippen LogP contribution in [0.4, 0.5) is 13.2 Å². The van der Waals surface area contributed by atoms with Crippen LogP contribution in [0.3, 0.4) is 0 Å². The van der Waals surface area contributed by atoms with Crippen LogP contribution in [-0.2, 0) is 4.74 Å². The van der Waals surface area contributed by atoms with Crippen molar-refractivity contribution in [3.8, 4) is 0 Å². The lowest BCUT2D eigenvalue weighted by molar-refractivity contribution is -0.150. The minimum Gasteiger partial charge on any atom is -0.333 e. The van der Waals surface area contributed by atoms with Gasteiger partial charge in [0.1, 0.15) is 0 Å². The molecule has 0 amide bonds. The maximum absolute atomic E-state index is 12.3. The molecule has 62 valence electrons. The van der Waals surface area contributed by atoms with E-state index in [1.807, 2.05) is 0 Å². The van der Waals surface area contributed by atoms with E-state index in [1.165, 1.54) is 0 Å². The van der Waals surface area contributed by atoms with Crippen molar-refractivity contribution in [2.45, 2.75) is 24.5 Å². The molecular formula is C5H8BrF3O. The third-order valence-corrected chi connectivity index (χ3v) is 1.33. The number of ether oxygens (including phenoxy) is 1. The van der Waals surface area contributed by atoms with E-state index < -0.39 is 11.2 Å². The summed E-state index contributed by atoms with van der Waals surface area (Å²) in [6.07, 6.45) is -2.65. The van der Waals surface area contributed by atoms with Crippen LogP contribution in [0.2, 0.25) is 0 Å². The Morgan fingerprint density at radius 3 is 2.40 bits per heavy atom. The Hall–Kier alpha value is 0.230. The zero-order valence-corrected chi connectivity index (χ0v) is 7.00. The molecule has 0 spiro atoms. The molecule has 0 aromatic rings. The molecule has 0 aliphatic rings. The van der Waals surface area contributed by atoms with Crippen LogP contribution < -0.4 is 0 Å². The zero-order chi connectivity index (χ0) is 8.20. The normalized spacial score (nSPS) is 17.4. The van der Waals surface area contributed by atoms with Crippen LogP contribution in [-0.4, -0.2) is 17.8 Å². The summed E-state index contributed by atoms with van der Waals surface area (Å²) < 4.78 is 36.7. The van der Waals surface area contributed by atoms with Crippen molar-refractivity contribution in [3.63, 3.8) is 0 Å². The van der Waals surface area contributed by atoms with Crippen molar-refractivity contribution in [3.05, 3.63) is 0 Å². The summed E-state index contributed by atoms with van der Waals surface area (Å²) in [5.74, 6) is 0. The smallest absolute Gasteiger partial charge is 0.326 e. The van der Waals surface area contributed by atoms with Crippen LogP contribution in [0.5, 0.6) is 0 Å². The van der Waals surface area contributed by atoms with Gasteiger partial charge in [-0.1, -0.05) is 6.92 Å². The third-order valence-electron chi connectivity index (χ3n) is 0.753. The predicted molar refractivity (Wildman–Crippen MR) is 35.0 cm³/mol. The van der Waals surface area contributed by atoms with E-state index in [4.69, 9.17) is 0 Å². The molecule has 0 aliphatic heterocycles. The first-order valence-corrected chi connectivity index (χ1v) is 3.60. The van der Waals surface area contributed by atoms with Gasteiger partial charge in [-0.05, 0) is 22.4 Å². The molecule has 5 heteroatoms. The number of halogens is 4. The topological polar surface area (TPSA) is 9.23 Å². The highest BCUT2D eigenvalue weighted by Crippen LogP contribution is 2.29. The lowest BCUT2D eigenvalue weighted by Gasteiger charge is -2.16. The summed E-state index contributed by atoms with van der Waals surface area (Å²) in [6.45, 7) is 1.68. The van der Waals surface area contributed by atoms with Gasteiger partial charge >= 0.3 is 11.2 Å². The second-order valence-electron chi connectivity index (χ2n) is 1.71. The summed E-state index contributed by atoms with van der Waals surface area (Å²) in [5, 5.41) is 0. The lowest BCUT2D eigenvalue weighted by Crippen LogP contribution is -2.28. The van der Waals surface area contributed by atoms with Crippen molar-refractivity contribution in [1.82, 2.24) is 0 Å². The van der Waals surface area contributed by atoms with E-state index in [-0.39, 0.29) is 6.61 Å². The highest BCUT2D eigenvalue weighted by Gasteiger charge is 2.38. The maximum Gasteiger partial charge on any atom is 0.326 e. The summed E-state index contributed by atoms with van der Waals surface area (Å²) in [6, 6.07) is 0. The number of hydrogen-bond donors (Lipinski definition) is 0. The summed E-state index contributed by atoms with van der Waals surface area (Å²) >= 11 is 2.11. The van der Waals surface area contributed by atoms with Gasteiger partial charge in [-0.25, -0.2) is 8.78 Å².